The van der Waals surface area contributed by atoms with Crippen LogP contribution in [-0.2, 0) is 0 Å². The molecule has 2 unspecified atom stereocenters. The first-order valence-electron chi connectivity index (χ1n) is 4.93. The van der Waals surface area contributed by atoms with Gasteiger partial charge >= 0.3 is 0 Å². The van der Waals surface area contributed by atoms with E-state index in [2.05, 4.69) is 18.5 Å². The summed E-state index contributed by atoms with van der Waals surface area (Å²) in [5.74, 6) is -1.71. The monoisotopic (exact) mass is 268 g/mol. The second-order valence-corrected chi connectivity index (χ2v) is 5.11. The van der Waals surface area contributed by atoms with Gasteiger partial charge in [0.15, 0.2) is 11.6 Å². The molecular weight excluding hydrogens is 260 g/mol. The van der Waals surface area contributed by atoms with Crippen LogP contribution in [0.4, 0.5) is 8.78 Å². The molecule has 1 nitrogen and oxygen atoms in total. The molecule has 0 aliphatic rings. The quantitative estimate of drug-likeness (QED) is 0.571. The number of benzene rings is 2. The summed E-state index contributed by atoms with van der Waals surface area (Å²) in [6.07, 6.45) is 0. The molecule has 0 bridgehead atoms. The van der Waals surface area contributed by atoms with Crippen molar-refractivity contribution in [3.8, 4) is 0 Å². The Hall–Kier alpha value is -1.04. The van der Waals surface area contributed by atoms with Gasteiger partial charge in [-0.05, 0) is 23.5 Å². The van der Waals surface area contributed by atoms with Gasteiger partial charge in [0, 0.05) is 10.7 Å². The van der Waals surface area contributed by atoms with E-state index in [1.54, 1.807) is 12.1 Å². The Morgan fingerprint density at radius 1 is 0.941 bits per heavy atom. The van der Waals surface area contributed by atoms with Gasteiger partial charge < -0.3 is 4.42 Å². The molecule has 2 aromatic carbocycles. The van der Waals surface area contributed by atoms with Crippen molar-refractivity contribution in [1.29, 1.82) is 0 Å². The summed E-state index contributed by atoms with van der Waals surface area (Å²) in [7, 11) is 4.70. The lowest BCUT2D eigenvalue weighted by atomic mass is 10.1. The molecule has 3 aromatic rings. The smallest absolute Gasteiger partial charge is 0.171 e. The van der Waals surface area contributed by atoms with E-state index in [4.69, 9.17) is 4.42 Å². The van der Waals surface area contributed by atoms with Crippen molar-refractivity contribution < 1.29 is 13.2 Å². The summed E-state index contributed by atoms with van der Waals surface area (Å²) in [5, 5.41) is 1.89. The summed E-state index contributed by atoms with van der Waals surface area (Å²) < 4.78 is 32.9. The Balaban J connectivity index is 2.57. The fraction of sp³-hybridized carbons (Fsp3) is 0. The van der Waals surface area contributed by atoms with E-state index in [1.165, 1.54) is 6.07 Å². The molecule has 3 rings (SSSR count). The zero-order valence-corrected chi connectivity index (χ0v) is 10.9. The molecule has 86 valence electrons. The van der Waals surface area contributed by atoms with Crippen molar-refractivity contribution in [2.45, 2.75) is 0 Å². The molecule has 0 spiro atoms. The molecule has 0 saturated carbocycles. The van der Waals surface area contributed by atoms with Gasteiger partial charge in [0.2, 0.25) is 0 Å². The largest absolute Gasteiger partial charge is 0.456 e. The van der Waals surface area contributed by atoms with Crippen LogP contribution < -0.4 is 10.6 Å². The van der Waals surface area contributed by atoms with Gasteiger partial charge in [0.1, 0.15) is 11.2 Å². The SMILES string of the molecule is Fc1c(P)cc2oc3cc(P)ccc3c2c1F. The van der Waals surface area contributed by atoms with Crippen LogP contribution in [0.2, 0.25) is 0 Å². The van der Waals surface area contributed by atoms with Crippen molar-refractivity contribution >= 4 is 51.0 Å². The maximum absolute atomic E-state index is 13.9. The molecule has 0 N–H and O–H groups in total. The summed E-state index contributed by atoms with van der Waals surface area (Å²) >= 11 is 0. The van der Waals surface area contributed by atoms with Crippen LogP contribution in [-0.4, -0.2) is 0 Å². The van der Waals surface area contributed by atoms with Crippen LogP contribution in [0.3, 0.4) is 0 Å². The molecule has 0 fully saturated rings. The zero-order chi connectivity index (χ0) is 12.2. The number of hydrogen-bond donors (Lipinski definition) is 0. The Kier molecular flexibility index (Phi) is 2.43. The summed E-state index contributed by atoms with van der Waals surface area (Å²) in [5.41, 5.74) is 0.918. The van der Waals surface area contributed by atoms with Gasteiger partial charge in [-0.2, -0.15) is 0 Å². The van der Waals surface area contributed by atoms with Gasteiger partial charge in [0.05, 0.1) is 5.39 Å². The number of rotatable bonds is 0. The lowest BCUT2D eigenvalue weighted by Crippen LogP contribution is -2.01. The third kappa shape index (κ3) is 1.57. The Bertz CT molecular complexity index is 749. The van der Waals surface area contributed by atoms with E-state index in [1.807, 2.05) is 6.07 Å². The topological polar surface area (TPSA) is 13.1 Å². The van der Waals surface area contributed by atoms with Crippen LogP contribution in [0.1, 0.15) is 0 Å². The van der Waals surface area contributed by atoms with Crippen LogP contribution >= 0.6 is 18.5 Å². The lowest BCUT2D eigenvalue weighted by Gasteiger charge is -1.98. The highest BCUT2D eigenvalue weighted by Gasteiger charge is 2.17. The first-order chi connectivity index (χ1) is 8.08. The van der Waals surface area contributed by atoms with Crippen LogP contribution in [0, 0.1) is 11.6 Å². The Morgan fingerprint density at radius 2 is 1.71 bits per heavy atom. The summed E-state index contributed by atoms with van der Waals surface area (Å²) in [6, 6.07) is 6.81. The molecule has 0 aliphatic heterocycles. The summed E-state index contributed by atoms with van der Waals surface area (Å²) in [6.45, 7) is 0. The Labute approximate surface area is 101 Å². The van der Waals surface area contributed by atoms with Gasteiger partial charge in [-0.1, -0.05) is 6.07 Å². The average molecular weight is 268 g/mol. The summed E-state index contributed by atoms with van der Waals surface area (Å²) in [4.78, 5) is 0. The van der Waals surface area contributed by atoms with Gasteiger partial charge in [0.25, 0.3) is 0 Å². The Morgan fingerprint density at radius 3 is 2.47 bits per heavy atom. The molecule has 5 heteroatoms. The fourth-order valence-electron chi connectivity index (χ4n) is 1.90. The number of furan rings is 1. The van der Waals surface area contributed by atoms with Crippen LogP contribution in [0.25, 0.3) is 21.9 Å². The second kappa shape index (κ2) is 3.73. The van der Waals surface area contributed by atoms with Crippen molar-refractivity contribution in [2.75, 3.05) is 0 Å². The van der Waals surface area contributed by atoms with E-state index in [9.17, 15) is 8.78 Å². The lowest BCUT2D eigenvalue weighted by molar-refractivity contribution is 0.522. The zero-order valence-electron chi connectivity index (χ0n) is 8.63. The predicted octanol–water partition coefficient (Wildman–Crippen LogP) is 2.87. The number of fused-ring (bicyclic) bond motifs is 3. The van der Waals surface area contributed by atoms with E-state index in [-0.39, 0.29) is 10.7 Å². The van der Waals surface area contributed by atoms with Crippen molar-refractivity contribution in [1.82, 2.24) is 0 Å². The fourth-order valence-corrected chi connectivity index (χ4v) is 2.43. The van der Waals surface area contributed by atoms with Gasteiger partial charge in [-0.25, -0.2) is 8.78 Å². The minimum Gasteiger partial charge on any atom is -0.456 e. The molecular formula is C12H8F2OP2. The third-order valence-corrected chi connectivity index (χ3v) is 3.47. The first-order valence-corrected chi connectivity index (χ1v) is 6.08. The van der Waals surface area contributed by atoms with E-state index in [0.29, 0.717) is 16.6 Å². The molecule has 0 saturated heterocycles. The van der Waals surface area contributed by atoms with Gasteiger partial charge in [-0.3, -0.25) is 0 Å². The van der Waals surface area contributed by atoms with E-state index >= 15 is 0 Å². The highest BCUT2D eigenvalue weighted by molar-refractivity contribution is 7.27. The van der Waals surface area contributed by atoms with Crippen molar-refractivity contribution in [3.63, 3.8) is 0 Å². The molecule has 1 aromatic heterocycles. The third-order valence-electron chi connectivity index (χ3n) is 2.69. The second-order valence-electron chi connectivity index (χ2n) is 3.82. The highest BCUT2D eigenvalue weighted by atomic mass is 31.0. The molecule has 2 atom stereocenters. The maximum atomic E-state index is 13.9. The standard InChI is InChI=1S/C12H8F2OP2/c13-11-9(17)4-8-10(12(11)14)6-2-1-5(16)3-7(6)15-8/h1-4H,16-17H2. The van der Waals surface area contributed by atoms with E-state index in [0.717, 1.165) is 5.30 Å². The molecule has 17 heavy (non-hydrogen) atoms. The average Bonchev–Trinajstić information content (AvgIpc) is 2.63. The molecule has 0 radical (unpaired) electrons. The predicted molar refractivity (Wildman–Crippen MR) is 72.3 cm³/mol. The highest BCUT2D eigenvalue weighted by Crippen LogP contribution is 2.31. The van der Waals surface area contributed by atoms with Crippen LogP contribution in [0.5, 0.6) is 0 Å². The first kappa shape index (κ1) is 11.1. The van der Waals surface area contributed by atoms with Crippen molar-refractivity contribution in [3.05, 3.63) is 35.9 Å². The number of halogens is 2. The maximum Gasteiger partial charge on any atom is 0.171 e. The molecule has 1 heterocycles. The minimum absolute atomic E-state index is 0.167. The molecule has 0 aliphatic carbocycles. The number of hydrogen-bond acceptors (Lipinski definition) is 1. The van der Waals surface area contributed by atoms with Crippen LogP contribution in [0.15, 0.2) is 28.7 Å². The molecule has 0 amide bonds. The normalized spacial score (nSPS) is 11.5. The van der Waals surface area contributed by atoms with Crippen molar-refractivity contribution in [2.24, 2.45) is 0 Å². The van der Waals surface area contributed by atoms with Gasteiger partial charge in [-0.15, -0.1) is 18.5 Å². The van der Waals surface area contributed by atoms with E-state index < -0.39 is 11.6 Å². The minimum atomic E-state index is -0.859.